The van der Waals surface area contributed by atoms with Crippen LogP contribution < -0.4 is 4.74 Å². The number of hydrogen-bond donors (Lipinski definition) is 1. The van der Waals surface area contributed by atoms with Crippen LogP contribution in [0.5, 0.6) is 5.75 Å². The SMILES string of the molecule is CC1Cc2cc(-c3ccc(C(=O)O)nc3)ccc2O1. The number of ether oxygens (including phenoxy) is 1. The summed E-state index contributed by atoms with van der Waals surface area (Å²) in [5, 5.41) is 8.82. The second kappa shape index (κ2) is 4.39. The molecule has 1 atom stereocenters. The van der Waals surface area contributed by atoms with Crippen molar-refractivity contribution in [3.05, 3.63) is 47.8 Å². The van der Waals surface area contributed by atoms with Crippen LogP contribution in [0.25, 0.3) is 11.1 Å². The van der Waals surface area contributed by atoms with E-state index in [0.717, 1.165) is 23.3 Å². The van der Waals surface area contributed by atoms with E-state index in [1.54, 1.807) is 12.3 Å². The van der Waals surface area contributed by atoms with Gasteiger partial charge in [0, 0.05) is 18.2 Å². The van der Waals surface area contributed by atoms with Gasteiger partial charge in [0.15, 0.2) is 0 Å². The van der Waals surface area contributed by atoms with Crippen LogP contribution in [0.4, 0.5) is 0 Å². The number of pyridine rings is 1. The van der Waals surface area contributed by atoms with Crippen LogP contribution >= 0.6 is 0 Å². The van der Waals surface area contributed by atoms with Crippen LogP contribution in [0.1, 0.15) is 23.0 Å². The minimum Gasteiger partial charge on any atom is -0.490 e. The average molecular weight is 255 g/mol. The van der Waals surface area contributed by atoms with Crippen molar-refractivity contribution in [2.75, 3.05) is 0 Å². The molecule has 0 radical (unpaired) electrons. The molecule has 0 saturated carbocycles. The van der Waals surface area contributed by atoms with Crippen LogP contribution in [0.2, 0.25) is 0 Å². The van der Waals surface area contributed by atoms with Gasteiger partial charge in [-0.25, -0.2) is 9.78 Å². The number of nitrogens with zero attached hydrogens (tertiary/aromatic N) is 1. The number of carbonyl (C=O) groups is 1. The number of aromatic nitrogens is 1. The van der Waals surface area contributed by atoms with Crippen molar-refractivity contribution < 1.29 is 14.6 Å². The summed E-state index contributed by atoms with van der Waals surface area (Å²) in [5.41, 5.74) is 3.18. The van der Waals surface area contributed by atoms with E-state index in [0.29, 0.717) is 0 Å². The minimum absolute atomic E-state index is 0.0573. The predicted octanol–water partition coefficient (Wildman–Crippen LogP) is 2.77. The molecule has 4 nitrogen and oxygen atoms in total. The molecule has 96 valence electrons. The van der Waals surface area contributed by atoms with Crippen molar-refractivity contribution in [1.29, 1.82) is 0 Å². The average Bonchev–Trinajstić information content (AvgIpc) is 2.77. The molecular weight excluding hydrogens is 242 g/mol. The summed E-state index contributed by atoms with van der Waals surface area (Å²) in [5.74, 6) is -0.0749. The zero-order chi connectivity index (χ0) is 13.4. The summed E-state index contributed by atoms with van der Waals surface area (Å²) >= 11 is 0. The van der Waals surface area contributed by atoms with Crippen LogP contribution in [0.15, 0.2) is 36.5 Å². The lowest BCUT2D eigenvalue weighted by Gasteiger charge is -2.05. The molecule has 1 unspecified atom stereocenters. The molecule has 0 bridgehead atoms. The van der Waals surface area contributed by atoms with E-state index in [2.05, 4.69) is 11.1 Å². The second-order valence-electron chi connectivity index (χ2n) is 4.69. The molecule has 4 heteroatoms. The van der Waals surface area contributed by atoms with Gasteiger partial charge in [-0.2, -0.15) is 0 Å². The molecule has 0 spiro atoms. The fraction of sp³-hybridized carbons (Fsp3) is 0.200. The van der Waals surface area contributed by atoms with Gasteiger partial charge in [-0.3, -0.25) is 0 Å². The Kier molecular flexibility index (Phi) is 2.71. The van der Waals surface area contributed by atoms with Gasteiger partial charge in [0.25, 0.3) is 0 Å². The van der Waals surface area contributed by atoms with Crippen LogP contribution in [-0.4, -0.2) is 22.2 Å². The predicted molar refractivity (Wildman–Crippen MR) is 70.4 cm³/mol. The van der Waals surface area contributed by atoms with Gasteiger partial charge in [0.05, 0.1) is 0 Å². The molecule has 0 fully saturated rings. The smallest absolute Gasteiger partial charge is 0.354 e. The number of hydrogen-bond acceptors (Lipinski definition) is 3. The first-order valence-electron chi connectivity index (χ1n) is 6.13. The largest absolute Gasteiger partial charge is 0.490 e. The van der Waals surface area contributed by atoms with Gasteiger partial charge in [-0.05, 0) is 36.2 Å². The van der Waals surface area contributed by atoms with Crippen LogP contribution in [-0.2, 0) is 6.42 Å². The van der Waals surface area contributed by atoms with Crippen molar-refractivity contribution in [3.8, 4) is 16.9 Å². The highest BCUT2D eigenvalue weighted by molar-refractivity contribution is 5.85. The van der Waals surface area contributed by atoms with Gasteiger partial charge < -0.3 is 9.84 Å². The molecule has 1 aromatic heterocycles. The Bertz CT molecular complexity index is 634. The number of fused-ring (bicyclic) bond motifs is 1. The summed E-state index contributed by atoms with van der Waals surface area (Å²) in [4.78, 5) is 14.7. The lowest BCUT2D eigenvalue weighted by atomic mass is 10.0. The van der Waals surface area contributed by atoms with E-state index < -0.39 is 5.97 Å². The highest BCUT2D eigenvalue weighted by Crippen LogP contribution is 2.32. The Balaban J connectivity index is 1.95. The fourth-order valence-corrected chi connectivity index (χ4v) is 2.29. The van der Waals surface area contributed by atoms with Crippen LogP contribution in [0.3, 0.4) is 0 Å². The Labute approximate surface area is 110 Å². The minimum atomic E-state index is -1.01. The maximum Gasteiger partial charge on any atom is 0.354 e. The van der Waals surface area contributed by atoms with Gasteiger partial charge in [-0.15, -0.1) is 0 Å². The molecule has 1 aromatic carbocycles. The molecule has 0 saturated heterocycles. The number of benzene rings is 1. The van der Waals surface area contributed by atoms with Gasteiger partial charge >= 0.3 is 5.97 Å². The molecular formula is C15H13NO3. The summed E-state index contributed by atoms with van der Waals surface area (Å²) in [6.07, 6.45) is 2.71. The van der Waals surface area contributed by atoms with Crippen LogP contribution in [0, 0.1) is 0 Å². The van der Waals surface area contributed by atoms with E-state index in [1.807, 2.05) is 19.1 Å². The maximum atomic E-state index is 10.8. The summed E-state index contributed by atoms with van der Waals surface area (Å²) in [7, 11) is 0. The molecule has 19 heavy (non-hydrogen) atoms. The number of carboxylic acids is 1. The third kappa shape index (κ3) is 2.17. The Morgan fingerprint density at radius 3 is 2.79 bits per heavy atom. The summed E-state index contributed by atoms with van der Waals surface area (Å²) in [6, 6.07) is 9.30. The quantitative estimate of drug-likeness (QED) is 0.896. The molecule has 3 rings (SSSR count). The molecule has 2 aromatic rings. The first-order valence-corrected chi connectivity index (χ1v) is 6.13. The molecule has 1 aliphatic rings. The first-order chi connectivity index (χ1) is 9.13. The van der Waals surface area contributed by atoms with E-state index >= 15 is 0 Å². The van der Waals surface area contributed by atoms with Gasteiger partial charge in [0.2, 0.25) is 0 Å². The van der Waals surface area contributed by atoms with Crippen molar-refractivity contribution in [3.63, 3.8) is 0 Å². The highest BCUT2D eigenvalue weighted by atomic mass is 16.5. The van der Waals surface area contributed by atoms with Crippen molar-refractivity contribution in [2.24, 2.45) is 0 Å². The van der Waals surface area contributed by atoms with Crippen molar-refractivity contribution >= 4 is 5.97 Å². The third-order valence-electron chi connectivity index (χ3n) is 3.21. The summed E-state index contributed by atoms with van der Waals surface area (Å²) in [6.45, 7) is 2.04. The van der Waals surface area contributed by atoms with Crippen molar-refractivity contribution in [1.82, 2.24) is 4.98 Å². The lowest BCUT2D eigenvalue weighted by molar-refractivity contribution is 0.0690. The Morgan fingerprint density at radius 2 is 2.11 bits per heavy atom. The zero-order valence-corrected chi connectivity index (χ0v) is 10.5. The molecule has 0 amide bonds. The van der Waals surface area contributed by atoms with E-state index in [9.17, 15) is 4.79 Å². The monoisotopic (exact) mass is 255 g/mol. The standard InChI is InChI=1S/C15H13NO3/c1-9-6-12-7-10(3-5-14(12)19-9)11-2-4-13(15(17)18)16-8-11/h2-5,7-9H,6H2,1H3,(H,17,18). The normalized spacial score (nSPS) is 16.8. The first kappa shape index (κ1) is 11.7. The van der Waals surface area contributed by atoms with Gasteiger partial charge in [-0.1, -0.05) is 12.1 Å². The topological polar surface area (TPSA) is 59.4 Å². The highest BCUT2D eigenvalue weighted by Gasteiger charge is 2.19. The fourth-order valence-electron chi connectivity index (χ4n) is 2.29. The summed E-state index contributed by atoms with van der Waals surface area (Å²) < 4.78 is 5.65. The lowest BCUT2D eigenvalue weighted by Crippen LogP contribution is -2.05. The Morgan fingerprint density at radius 1 is 1.32 bits per heavy atom. The molecule has 0 aliphatic carbocycles. The van der Waals surface area contributed by atoms with E-state index in [4.69, 9.17) is 9.84 Å². The molecule has 1 N–H and O–H groups in total. The number of aromatic carboxylic acids is 1. The molecule has 2 heterocycles. The number of rotatable bonds is 2. The Hall–Kier alpha value is -2.36. The maximum absolute atomic E-state index is 10.8. The van der Waals surface area contributed by atoms with Crippen molar-refractivity contribution in [2.45, 2.75) is 19.4 Å². The number of carboxylic acid groups (broad SMARTS) is 1. The van der Waals surface area contributed by atoms with E-state index in [1.165, 1.54) is 11.6 Å². The van der Waals surface area contributed by atoms with Gasteiger partial charge in [0.1, 0.15) is 17.5 Å². The zero-order valence-electron chi connectivity index (χ0n) is 10.5. The second-order valence-corrected chi connectivity index (χ2v) is 4.69. The van der Waals surface area contributed by atoms with E-state index in [-0.39, 0.29) is 11.8 Å². The third-order valence-corrected chi connectivity index (χ3v) is 3.21. The molecule has 1 aliphatic heterocycles.